The van der Waals surface area contributed by atoms with Crippen LogP contribution in [0.3, 0.4) is 0 Å². The first-order chi connectivity index (χ1) is 10.1. The highest BCUT2D eigenvalue weighted by molar-refractivity contribution is 7.92. The molecular weight excluding hydrogens is 288 g/mol. The lowest BCUT2D eigenvalue weighted by Crippen LogP contribution is -2.17. The third-order valence-electron chi connectivity index (χ3n) is 3.16. The predicted molar refractivity (Wildman–Crippen MR) is 79.1 cm³/mol. The lowest BCUT2D eigenvalue weighted by Gasteiger charge is -2.08. The number of hydrogen-bond donors (Lipinski definition) is 2. The molecule has 0 unspecified atom stereocenters. The highest BCUT2D eigenvalue weighted by atomic mass is 32.2. The minimum absolute atomic E-state index is 0.00141. The van der Waals surface area contributed by atoms with Gasteiger partial charge in [-0.15, -0.1) is 0 Å². The maximum Gasteiger partial charge on any atom is 0.279 e. The van der Waals surface area contributed by atoms with Crippen LogP contribution < -0.4 is 10.0 Å². The van der Waals surface area contributed by atoms with Gasteiger partial charge in [0.1, 0.15) is 0 Å². The molecule has 0 radical (unpaired) electrons. The smallest absolute Gasteiger partial charge is 0.279 e. The maximum absolute atomic E-state index is 12.2. The first-order valence-corrected chi connectivity index (χ1v) is 8.23. The Labute approximate surface area is 123 Å². The molecule has 1 fully saturated rings. The Hall–Kier alpha value is -1.99. The third-order valence-corrected chi connectivity index (χ3v) is 4.46. The van der Waals surface area contributed by atoms with Crippen molar-refractivity contribution in [1.82, 2.24) is 15.3 Å². The van der Waals surface area contributed by atoms with Crippen molar-refractivity contribution >= 4 is 15.7 Å². The van der Waals surface area contributed by atoms with Crippen molar-refractivity contribution in [3.8, 4) is 0 Å². The number of nitrogens with one attached hydrogen (secondary N) is 2. The van der Waals surface area contributed by atoms with Gasteiger partial charge in [0.25, 0.3) is 10.0 Å². The summed E-state index contributed by atoms with van der Waals surface area (Å²) >= 11 is 0. The first-order valence-electron chi connectivity index (χ1n) is 6.75. The summed E-state index contributed by atoms with van der Waals surface area (Å²) in [6, 6.07) is 7.21. The molecule has 6 nitrogen and oxygen atoms in total. The van der Waals surface area contributed by atoms with Crippen LogP contribution >= 0.6 is 0 Å². The van der Waals surface area contributed by atoms with Gasteiger partial charge in [0.15, 0.2) is 5.03 Å². The summed E-state index contributed by atoms with van der Waals surface area (Å²) in [5.41, 5.74) is 1.39. The molecule has 2 N–H and O–H groups in total. The molecule has 2 aromatic heterocycles. The van der Waals surface area contributed by atoms with E-state index in [4.69, 9.17) is 0 Å². The predicted octanol–water partition coefficient (Wildman–Crippen LogP) is 1.53. The standard InChI is InChI=1S/C14H16N4O2S/c19-21(20,18-13-2-1-7-15-10-13)14-6-3-11(9-17-14)8-16-12-4-5-12/h1-3,6-7,9-10,12,16,18H,4-5,8H2. The second kappa shape index (κ2) is 5.79. The quantitative estimate of drug-likeness (QED) is 0.845. The Bertz CT molecular complexity index is 698. The summed E-state index contributed by atoms with van der Waals surface area (Å²) in [7, 11) is -3.67. The van der Waals surface area contributed by atoms with Crippen molar-refractivity contribution in [2.45, 2.75) is 30.5 Å². The Morgan fingerprint density at radius 3 is 2.67 bits per heavy atom. The van der Waals surface area contributed by atoms with Crippen molar-refractivity contribution < 1.29 is 8.42 Å². The van der Waals surface area contributed by atoms with Gasteiger partial charge >= 0.3 is 0 Å². The summed E-state index contributed by atoms with van der Waals surface area (Å²) in [6.07, 6.45) is 7.06. The van der Waals surface area contributed by atoms with Gasteiger partial charge in [0, 0.05) is 25.0 Å². The van der Waals surface area contributed by atoms with Crippen LogP contribution in [-0.4, -0.2) is 24.4 Å². The first kappa shape index (κ1) is 14.0. The van der Waals surface area contributed by atoms with Gasteiger partial charge in [-0.3, -0.25) is 9.71 Å². The maximum atomic E-state index is 12.2. The van der Waals surface area contributed by atoms with E-state index in [1.54, 1.807) is 30.6 Å². The van der Waals surface area contributed by atoms with Crippen LogP contribution in [0.5, 0.6) is 0 Å². The van der Waals surface area contributed by atoms with Crippen molar-refractivity contribution in [3.05, 3.63) is 48.4 Å². The van der Waals surface area contributed by atoms with E-state index in [1.165, 1.54) is 25.1 Å². The fourth-order valence-electron chi connectivity index (χ4n) is 1.85. The van der Waals surface area contributed by atoms with Crippen LogP contribution in [0.25, 0.3) is 0 Å². The summed E-state index contributed by atoms with van der Waals surface area (Å²) in [5.74, 6) is 0. The van der Waals surface area contributed by atoms with Crippen LogP contribution in [0.15, 0.2) is 47.9 Å². The van der Waals surface area contributed by atoms with Crippen LogP contribution in [-0.2, 0) is 16.6 Å². The number of hydrogen-bond acceptors (Lipinski definition) is 5. The largest absolute Gasteiger partial charge is 0.310 e. The fraction of sp³-hybridized carbons (Fsp3) is 0.286. The SMILES string of the molecule is O=S(=O)(Nc1cccnc1)c1ccc(CNC2CC2)cn1. The molecule has 21 heavy (non-hydrogen) atoms. The lowest BCUT2D eigenvalue weighted by molar-refractivity contribution is 0.597. The summed E-state index contributed by atoms with van der Waals surface area (Å²) in [6.45, 7) is 0.716. The van der Waals surface area contributed by atoms with Gasteiger partial charge in [-0.1, -0.05) is 6.07 Å². The third kappa shape index (κ3) is 3.77. The van der Waals surface area contributed by atoms with E-state index in [0.717, 1.165) is 5.56 Å². The average Bonchev–Trinajstić information content (AvgIpc) is 3.30. The molecule has 1 saturated carbocycles. The topological polar surface area (TPSA) is 84.0 Å². The molecule has 0 saturated heterocycles. The zero-order chi connectivity index (χ0) is 14.7. The molecule has 110 valence electrons. The molecule has 1 aliphatic rings. The molecule has 7 heteroatoms. The summed E-state index contributed by atoms with van der Waals surface area (Å²) < 4.78 is 26.8. The number of aromatic nitrogens is 2. The normalized spacial score (nSPS) is 14.9. The molecule has 2 aromatic rings. The molecule has 0 aromatic carbocycles. The Kier molecular flexibility index (Phi) is 3.85. The fourth-order valence-corrected chi connectivity index (χ4v) is 2.83. The Morgan fingerprint density at radius 1 is 1.19 bits per heavy atom. The number of sulfonamides is 1. The van der Waals surface area contributed by atoms with Gasteiger partial charge < -0.3 is 5.32 Å². The zero-order valence-electron chi connectivity index (χ0n) is 11.4. The molecule has 3 rings (SSSR count). The van der Waals surface area contributed by atoms with Crippen LogP contribution in [0.1, 0.15) is 18.4 Å². The average molecular weight is 304 g/mol. The van der Waals surface area contributed by atoms with E-state index in [-0.39, 0.29) is 5.03 Å². The zero-order valence-corrected chi connectivity index (χ0v) is 12.2. The minimum atomic E-state index is -3.67. The lowest BCUT2D eigenvalue weighted by atomic mass is 10.3. The van der Waals surface area contributed by atoms with E-state index >= 15 is 0 Å². The van der Waals surface area contributed by atoms with Gasteiger partial charge in [-0.05, 0) is 36.6 Å². The molecule has 0 amide bonds. The van der Waals surface area contributed by atoms with E-state index in [1.807, 2.05) is 0 Å². The molecule has 0 bridgehead atoms. The van der Waals surface area contributed by atoms with Crippen LogP contribution in [0.2, 0.25) is 0 Å². The van der Waals surface area contributed by atoms with E-state index in [2.05, 4.69) is 20.0 Å². The molecular formula is C14H16N4O2S. The van der Waals surface area contributed by atoms with Crippen molar-refractivity contribution in [3.63, 3.8) is 0 Å². The van der Waals surface area contributed by atoms with E-state index in [0.29, 0.717) is 18.3 Å². The molecule has 0 aliphatic heterocycles. The second-order valence-corrected chi connectivity index (χ2v) is 6.64. The van der Waals surface area contributed by atoms with Gasteiger partial charge in [0.05, 0.1) is 11.9 Å². The van der Waals surface area contributed by atoms with E-state index < -0.39 is 10.0 Å². The van der Waals surface area contributed by atoms with Crippen molar-refractivity contribution in [1.29, 1.82) is 0 Å². The van der Waals surface area contributed by atoms with Crippen molar-refractivity contribution in [2.24, 2.45) is 0 Å². The molecule has 0 spiro atoms. The van der Waals surface area contributed by atoms with E-state index in [9.17, 15) is 8.42 Å². The van der Waals surface area contributed by atoms with Gasteiger partial charge in [-0.2, -0.15) is 8.42 Å². The minimum Gasteiger partial charge on any atom is -0.310 e. The Balaban J connectivity index is 1.69. The van der Waals surface area contributed by atoms with Crippen LogP contribution in [0.4, 0.5) is 5.69 Å². The number of pyridine rings is 2. The summed E-state index contributed by atoms with van der Waals surface area (Å²) in [4.78, 5) is 7.90. The monoisotopic (exact) mass is 304 g/mol. The second-order valence-electron chi connectivity index (χ2n) is 5.01. The Morgan fingerprint density at radius 2 is 2.05 bits per heavy atom. The van der Waals surface area contributed by atoms with Gasteiger partial charge in [0.2, 0.25) is 0 Å². The van der Waals surface area contributed by atoms with Crippen LogP contribution in [0, 0.1) is 0 Å². The number of rotatable bonds is 6. The summed E-state index contributed by atoms with van der Waals surface area (Å²) in [5, 5.41) is 3.36. The number of anilines is 1. The highest BCUT2D eigenvalue weighted by Gasteiger charge is 2.20. The highest BCUT2D eigenvalue weighted by Crippen LogP contribution is 2.19. The molecule has 0 atom stereocenters. The van der Waals surface area contributed by atoms with Gasteiger partial charge in [-0.25, -0.2) is 4.98 Å². The molecule has 2 heterocycles. The van der Waals surface area contributed by atoms with Crippen molar-refractivity contribution in [2.75, 3.05) is 4.72 Å². The molecule has 1 aliphatic carbocycles. The number of nitrogens with zero attached hydrogens (tertiary/aromatic N) is 2.